The molecule has 0 atom stereocenters. The van der Waals surface area contributed by atoms with E-state index in [2.05, 4.69) is 0 Å². The molecule has 0 saturated heterocycles. The van der Waals surface area contributed by atoms with Crippen LogP contribution in [-0.4, -0.2) is 0 Å². The fourth-order valence-electron chi connectivity index (χ4n) is 1.86. The van der Waals surface area contributed by atoms with Crippen LogP contribution in [-0.2, 0) is 12.4 Å². The van der Waals surface area contributed by atoms with E-state index < -0.39 is 35.0 Å². The summed E-state index contributed by atoms with van der Waals surface area (Å²) in [6.07, 6.45) is -9.45. The fourth-order valence-corrected chi connectivity index (χ4v) is 1.86. The topological polar surface area (TPSA) is 9.23 Å². The van der Waals surface area contributed by atoms with Crippen LogP contribution in [0.2, 0.25) is 0 Å². The Morgan fingerprint density at radius 1 is 0.727 bits per heavy atom. The van der Waals surface area contributed by atoms with Gasteiger partial charge < -0.3 is 4.74 Å². The molecule has 0 fully saturated rings. The number of halogens is 6. The Kier molecular flexibility index (Phi) is 4.08. The maximum Gasteiger partial charge on any atom is 0.419 e. The van der Waals surface area contributed by atoms with E-state index in [0.717, 1.165) is 30.3 Å². The van der Waals surface area contributed by atoms with E-state index in [-0.39, 0.29) is 0 Å². The zero-order chi connectivity index (χ0) is 16.5. The lowest BCUT2D eigenvalue weighted by Crippen LogP contribution is -2.10. The maximum atomic E-state index is 13.0. The second-order valence-electron chi connectivity index (χ2n) is 4.59. The summed E-state index contributed by atoms with van der Waals surface area (Å²) in [6.45, 7) is 1.45. The van der Waals surface area contributed by atoms with Gasteiger partial charge in [-0.15, -0.1) is 0 Å². The summed E-state index contributed by atoms with van der Waals surface area (Å²) in [4.78, 5) is 0. The van der Waals surface area contributed by atoms with Crippen LogP contribution in [0.4, 0.5) is 26.3 Å². The summed E-state index contributed by atoms with van der Waals surface area (Å²) in [5.41, 5.74) is -1.93. The van der Waals surface area contributed by atoms with E-state index in [0.29, 0.717) is 5.56 Å². The molecule has 2 rings (SSSR count). The number of aryl methyl sites for hydroxylation is 1. The van der Waals surface area contributed by atoms with E-state index in [1.165, 1.54) is 19.1 Å². The summed E-state index contributed by atoms with van der Waals surface area (Å²) in [5, 5.41) is 0. The SMILES string of the molecule is Cc1ccc(Oc2ccccc2C(F)(F)F)c(C(F)(F)F)c1. The van der Waals surface area contributed by atoms with Crippen molar-refractivity contribution in [2.24, 2.45) is 0 Å². The minimum Gasteiger partial charge on any atom is -0.456 e. The minimum atomic E-state index is -4.73. The van der Waals surface area contributed by atoms with Crippen LogP contribution in [0.5, 0.6) is 11.5 Å². The van der Waals surface area contributed by atoms with Crippen molar-refractivity contribution in [2.75, 3.05) is 0 Å². The van der Waals surface area contributed by atoms with Gasteiger partial charge in [-0.2, -0.15) is 26.3 Å². The molecule has 7 heteroatoms. The number of alkyl halides is 6. The molecule has 22 heavy (non-hydrogen) atoms. The first kappa shape index (κ1) is 16.2. The van der Waals surface area contributed by atoms with Gasteiger partial charge in [0.25, 0.3) is 0 Å². The first-order chi connectivity index (χ1) is 10.1. The molecule has 0 heterocycles. The molecule has 0 aliphatic heterocycles. The molecule has 0 aliphatic carbocycles. The lowest BCUT2D eigenvalue weighted by Gasteiger charge is -2.17. The molecular formula is C15H10F6O. The first-order valence-electron chi connectivity index (χ1n) is 6.11. The van der Waals surface area contributed by atoms with Gasteiger partial charge in [0.1, 0.15) is 11.5 Å². The normalized spacial score (nSPS) is 12.3. The molecule has 0 saturated carbocycles. The van der Waals surface area contributed by atoms with Crippen LogP contribution in [0.25, 0.3) is 0 Å². The number of rotatable bonds is 2. The zero-order valence-corrected chi connectivity index (χ0v) is 11.2. The molecule has 0 radical (unpaired) electrons. The summed E-state index contributed by atoms with van der Waals surface area (Å²) in [5.74, 6) is -1.35. The standard InChI is InChI=1S/C15H10F6O/c1-9-6-7-13(11(8-9)15(19,20)21)22-12-5-3-2-4-10(12)14(16,17)18/h2-8H,1H3. The molecule has 0 spiro atoms. The molecule has 0 unspecified atom stereocenters. The Labute approximate surface area is 122 Å². The molecule has 0 amide bonds. The Hall–Kier alpha value is -2.18. The van der Waals surface area contributed by atoms with Crippen molar-refractivity contribution in [3.63, 3.8) is 0 Å². The number of hydrogen-bond donors (Lipinski definition) is 0. The van der Waals surface area contributed by atoms with E-state index in [1.54, 1.807) is 0 Å². The van der Waals surface area contributed by atoms with E-state index in [1.807, 2.05) is 0 Å². The van der Waals surface area contributed by atoms with Crippen molar-refractivity contribution < 1.29 is 31.1 Å². The van der Waals surface area contributed by atoms with Gasteiger partial charge in [0.05, 0.1) is 11.1 Å². The third-order valence-electron chi connectivity index (χ3n) is 2.85. The second kappa shape index (κ2) is 5.55. The zero-order valence-electron chi connectivity index (χ0n) is 11.2. The molecule has 0 aromatic heterocycles. The van der Waals surface area contributed by atoms with Crippen LogP contribution in [0, 0.1) is 6.92 Å². The molecule has 0 aliphatic rings. The van der Waals surface area contributed by atoms with Gasteiger partial charge in [-0.25, -0.2) is 0 Å². The lowest BCUT2D eigenvalue weighted by molar-refractivity contribution is -0.139. The van der Waals surface area contributed by atoms with Gasteiger partial charge in [0, 0.05) is 0 Å². The largest absolute Gasteiger partial charge is 0.456 e. The molecule has 118 valence electrons. The Balaban J connectivity index is 2.49. The summed E-state index contributed by atoms with van der Waals surface area (Å²) >= 11 is 0. The number of hydrogen-bond acceptors (Lipinski definition) is 1. The summed E-state index contributed by atoms with van der Waals surface area (Å²) < 4.78 is 82.3. The van der Waals surface area contributed by atoms with Gasteiger partial charge in [0.15, 0.2) is 0 Å². The van der Waals surface area contributed by atoms with E-state index in [4.69, 9.17) is 4.74 Å². The monoisotopic (exact) mass is 320 g/mol. The minimum absolute atomic E-state index is 0.323. The quantitative estimate of drug-likeness (QED) is 0.633. The number of ether oxygens (including phenoxy) is 1. The summed E-state index contributed by atoms with van der Waals surface area (Å²) in [7, 11) is 0. The van der Waals surface area contributed by atoms with Crippen LogP contribution in [0.3, 0.4) is 0 Å². The highest BCUT2D eigenvalue weighted by molar-refractivity contribution is 5.44. The summed E-state index contributed by atoms with van der Waals surface area (Å²) in [6, 6.07) is 7.28. The van der Waals surface area contributed by atoms with Crippen molar-refractivity contribution in [3.8, 4) is 11.5 Å². The number of para-hydroxylation sites is 1. The average molecular weight is 320 g/mol. The van der Waals surface area contributed by atoms with Gasteiger partial charge in [-0.3, -0.25) is 0 Å². The highest BCUT2D eigenvalue weighted by Crippen LogP contribution is 2.42. The second-order valence-corrected chi connectivity index (χ2v) is 4.59. The van der Waals surface area contributed by atoms with Crippen molar-refractivity contribution in [2.45, 2.75) is 19.3 Å². The molecule has 2 aromatic rings. The maximum absolute atomic E-state index is 13.0. The van der Waals surface area contributed by atoms with Crippen LogP contribution in [0.15, 0.2) is 42.5 Å². The number of benzene rings is 2. The van der Waals surface area contributed by atoms with Gasteiger partial charge in [-0.05, 0) is 31.2 Å². The Bertz CT molecular complexity index is 672. The van der Waals surface area contributed by atoms with Crippen LogP contribution in [0.1, 0.15) is 16.7 Å². The van der Waals surface area contributed by atoms with E-state index in [9.17, 15) is 26.3 Å². The van der Waals surface area contributed by atoms with Crippen LogP contribution >= 0.6 is 0 Å². The highest BCUT2D eigenvalue weighted by Gasteiger charge is 2.37. The molecular weight excluding hydrogens is 310 g/mol. The highest BCUT2D eigenvalue weighted by atomic mass is 19.4. The Morgan fingerprint density at radius 3 is 1.86 bits per heavy atom. The van der Waals surface area contributed by atoms with Gasteiger partial charge in [0.2, 0.25) is 0 Å². The van der Waals surface area contributed by atoms with Crippen molar-refractivity contribution in [1.82, 2.24) is 0 Å². The lowest BCUT2D eigenvalue weighted by atomic mass is 10.1. The third-order valence-corrected chi connectivity index (χ3v) is 2.85. The smallest absolute Gasteiger partial charge is 0.419 e. The van der Waals surface area contributed by atoms with Gasteiger partial charge in [-0.1, -0.05) is 23.8 Å². The predicted molar refractivity (Wildman–Crippen MR) is 67.7 cm³/mol. The molecule has 0 N–H and O–H groups in total. The van der Waals surface area contributed by atoms with Crippen molar-refractivity contribution in [3.05, 3.63) is 59.2 Å². The fraction of sp³-hybridized carbons (Fsp3) is 0.200. The molecule has 1 nitrogen and oxygen atoms in total. The van der Waals surface area contributed by atoms with Crippen LogP contribution < -0.4 is 4.74 Å². The average Bonchev–Trinajstić information content (AvgIpc) is 2.39. The van der Waals surface area contributed by atoms with Crippen molar-refractivity contribution in [1.29, 1.82) is 0 Å². The molecule has 2 aromatic carbocycles. The predicted octanol–water partition coefficient (Wildman–Crippen LogP) is 5.82. The Morgan fingerprint density at radius 2 is 1.27 bits per heavy atom. The van der Waals surface area contributed by atoms with E-state index >= 15 is 0 Å². The van der Waals surface area contributed by atoms with Gasteiger partial charge >= 0.3 is 12.4 Å². The first-order valence-corrected chi connectivity index (χ1v) is 6.11. The molecule has 0 bridgehead atoms. The third kappa shape index (κ3) is 3.52. The van der Waals surface area contributed by atoms with Crippen molar-refractivity contribution >= 4 is 0 Å².